The summed E-state index contributed by atoms with van der Waals surface area (Å²) in [7, 11) is 0. The zero-order chi connectivity index (χ0) is 9.97. The summed E-state index contributed by atoms with van der Waals surface area (Å²) in [4.78, 5) is 0. The van der Waals surface area contributed by atoms with Gasteiger partial charge in [-0.05, 0) is 24.0 Å². The van der Waals surface area contributed by atoms with Crippen LogP contribution in [0.15, 0.2) is 36.9 Å². The van der Waals surface area contributed by atoms with E-state index in [-0.39, 0.29) is 17.0 Å². The quantitative estimate of drug-likeness (QED) is 0.604. The Kier molecular flexibility index (Phi) is 5.03. The highest BCUT2D eigenvalue weighted by molar-refractivity contribution is 9.07. The van der Waals surface area contributed by atoms with Crippen molar-refractivity contribution in [1.29, 1.82) is 0 Å². The maximum absolute atomic E-state index is 3.75. The first kappa shape index (κ1) is 12.9. The minimum Gasteiger partial charge on any atom is -0.235 e. The van der Waals surface area contributed by atoms with Crippen LogP contribution in [0.2, 0.25) is 0 Å². The fourth-order valence-electron chi connectivity index (χ4n) is 2.01. The largest absolute Gasteiger partial charge is 0.235 e. The number of nitrogens with zero attached hydrogens (tertiary/aromatic N) is 1. The molecule has 0 saturated heterocycles. The number of halogens is 2. The van der Waals surface area contributed by atoms with Gasteiger partial charge in [0.25, 0.3) is 0 Å². The molecule has 0 aliphatic heterocycles. The lowest BCUT2D eigenvalue weighted by Crippen LogP contribution is -2.27. The predicted molar refractivity (Wildman–Crippen MR) is 73.8 cm³/mol. The summed E-state index contributed by atoms with van der Waals surface area (Å²) in [6.07, 6.45) is 4.22. The zero-order valence-corrected chi connectivity index (χ0v) is 11.8. The smallest absolute Gasteiger partial charge is 0.0290 e. The molecule has 1 aromatic carbocycles. The summed E-state index contributed by atoms with van der Waals surface area (Å²) < 4.78 is 2.19. The summed E-state index contributed by atoms with van der Waals surface area (Å²) in [6.45, 7) is 4.65. The van der Waals surface area contributed by atoms with E-state index < -0.39 is 0 Å². The second-order valence-electron chi connectivity index (χ2n) is 3.70. The Morgan fingerprint density at radius 2 is 1.87 bits per heavy atom. The van der Waals surface area contributed by atoms with E-state index in [1.165, 1.54) is 11.1 Å². The molecule has 0 aromatic heterocycles. The third-order valence-electron chi connectivity index (χ3n) is 2.73. The van der Waals surface area contributed by atoms with E-state index in [9.17, 15) is 0 Å². The summed E-state index contributed by atoms with van der Waals surface area (Å²) in [5, 5.41) is 0. The molecule has 1 aromatic rings. The molecule has 0 unspecified atom stereocenters. The van der Waals surface area contributed by atoms with Crippen LogP contribution in [0.4, 0.5) is 0 Å². The van der Waals surface area contributed by atoms with Gasteiger partial charge < -0.3 is 0 Å². The highest BCUT2D eigenvalue weighted by atomic mass is 79.9. The minimum absolute atomic E-state index is 0. The number of benzene rings is 1. The molecule has 3 heteroatoms. The molecule has 0 atom stereocenters. The SMILES string of the molecule is Br.C=CCN(Br)C1Cc2ccccc2C1. The highest BCUT2D eigenvalue weighted by Crippen LogP contribution is 2.26. The fourth-order valence-corrected chi connectivity index (χ4v) is 2.50. The monoisotopic (exact) mass is 331 g/mol. The molecule has 0 heterocycles. The lowest BCUT2D eigenvalue weighted by Gasteiger charge is -2.19. The Morgan fingerprint density at radius 3 is 2.33 bits per heavy atom. The van der Waals surface area contributed by atoms with Crippen LogP contribution < -0.4 is 0 Å². The van der Waals surface area contributed by atoms with Crippen molar-refractivity contribution in [1.82, 2.24) is 3.93 Å². The Hall–Kier alpha value is -0.120. The topological polar surface area (TPSA) is 3.24 Å². The average Bonchev–Trinajstić information content (AvgIpc) is 2.61. The van der Waals surface area contributed by atoms with E-state index in [4.69, 9.17) is 0 Å². The Morgan fingerprint density at radius 1 is 1.33 bits per heavy atom. The summed E-state index contributed by atoms with van der Waals surface area (Å²) >= 11 is 3.59. The first-order valence-corrected chi connectivity index (χ1v) is 5.62. The van der Waals surface area contributed by atoms with Crippen LogP contribution in [0.25, 0.3) is 0 Å². The van der Waals surface area contributed by atoms with Crippen LogP contribution in [-0.4, -0.2) is 16.5 Å². The summed E-state index contributed by atoms with van der Waals surface area (Å²) in [6, 6.07) is 9.28. The molecule has 0 bridgehead atoms. The van der Waals surface area contributed by atoms with E-state index in [0.717, 1.165) is 19.4 Å². The zero-order valence-electron chi connectivity index (χ0n) is 8.53. The van der Waals surface area contributed by atoms with E-state index in [2.05, 4.69) is 50.9 Å². The molecule has 1 nitrogen and oxygen atoms in total. The molecule has 0 saturated carbocycles. The predicted octanol–water partition coefficient (Wildman–Crippen LogP) is 3.53. The second kappa shape index (κ2) is 5.83. The molecule has 82 valence electrons. The van der Waals surface area contributed by atoms with Crippen molar-refractivity contribution in [3.63, 3.8) is 0 Å². The van der Waals surface area contributed by atoms with Crippen LogP contribution in [0, 0.1) is 0 Å². The molecular formula is C12H15Br2N. The van der Waals surface area contributed by atoms with Crippen LogP contribution in [0.5, 0.6) is 0 Å². The van der Waals surface area contributed by atoms with Crippen LogP contribution in [-0.2, 0) is 12.8 Å². The van der Waals surface area contributed by atoms with Crippen molar-refractivity contribution in [2.75, 3.05) is 6.54 Å². The van der Waals surface area contributed by atoms with Gasteiger partial charge in [-0.3, -0.25) is 0 Å². The average molecular weight is 333 g/mol. The maximum atomic E-state index is 3.75. The third kappa shape index (κ3) is 2.92. The van der Waals surface area contributed by atoms with Gasteiger partial charge in [0.15, 0.2) is 0 Å². The molecular weight excluding hydrogens is 318 g/mol. The van der Waals surface area contributed by atoms with Crippen molar-refractivity contribution >= 4 is 33.1 Å². The standard InChI is InChI=1S/C12H14BrN.BrH/c1-2-7-14(13)12-8-10-5-3-4-6-11(10)9-12;/h2-6,12H,1,7-9H2;1H. The first-order valence-electron chi connectivity index (χ1n) is 4.91. The van der Waals surface area contributed by atoms with Crippen molar-refractivity contribution in [3.05, 3.63) is 48.0 Å². The lowest BCUT2D eigenvalue weighted by molar-refractivity contribution is 0.406. The van der Waals surface area contributed by atoms with Gasteiger partial charge in [-0.2, -0.15) is 0 Å². The number of hydrogen-bond donors (Lipinski definition) is 0. The van der Waals surface area contributed by atoms with Crippen molar-refractivity contribution in [2.45, 2.75) is 18.9 Å². The molecule has 0 N–H and O–H groups in total. The van der Waals surface area contributed by atoms with Crippen LogP contribution >= 0.6 is 33.1 Å². The molecule has 0 fully saturated rings. The van der Waals surface area contributed by atoms with Gasteiger partial charge in [-0.25, -0.2) is 3.93 Å². The van der Waals surface area contributed by atoms with E-state index in [1.54, 1.807) is 0 Å². The van der Waals surface area contributed by atoms with Gasteiger partial charge in [0, 0.05) is 28.7 Å². The van der Waals surface area contributed by atoms with Gasteiger partial charge in [0.1, 0.15) is 0 Å². The van der Waals surface area contributed by atoms with E-state index >= 15 is 0 Å². The molecule has 0 radical (unpaired) electrons. The van der Waals surface area contributed by atoms with Gasteiger partial charge >= 0.3 is 0 Å². The second-order valence-corrected chi connectivity index (χ2v) is 4.61. The number of hydrogen-bond acceptors (Lipinski definition) is 1. The van der Waals surface area contributed by atoms with Crippen molar-refractivity contribution < 1.29 is 0 Å². The van der Waals surface area contributed by atoms with Gasteiger partial charge in [0.2, 0.25) is 0 Å². The van der Waals surface area contributed by atoms with Crippen LogP contribution in [0.1, 0.15) is 11.1 Å². The highest BCUT2D eigenvalue weighted by Gasteiger charge is 2.24. The third-order valence-corrected chi connectivity index (χ3v) is 3.60. The van der Waals surface area contributed by atoms with Crippen molar-refractivity contribution in [2.24, 2.45) is 0 Å². The number of rotatable bonds is 3. The molecule has 1 aliphatic carbocycles. The van der Waals surface area contributed by atoms with E-state index in [0.29, 0.717) is 6.04 Å². The van der Waals surface area contributed by atoms with Crippen LogP contribution in [0.3, 0.4) is 0 Å². The lowest BCUT2D eigenvalue weighted by atomic mass is 10.1. The van der Waals surface area contributed by atoms with Gasteiger partial charge in [-0.1, -0.05) is 30.3 Å². The molecule has 1 aliphatic rings. The van der Waals surface area contributed by atoms with Gasteiger partial charge in [-0.15, -0.1) is 23.6 Å². The molecule has 0 spiro atoms. The normalized spacial score (nSPS) is 14.8. The Bertz CT molecular complexity index is 313. The first-order chi connectivity index (χ1) is 6.81. The fraction of sp³-hybridized carbons (Fsp3) is 0.333. The summed E-state index contributed by atoms with van der Waals surface area (Å²) in [5.41, 5.74) is 2.98. The van der Waals surface area contributed by atoms with Gasteiger partial charge in [0.05, 0.1) is 0 Å². The molecule has 15 heavy (non-hydrogen) atoms. The molecule has 2 rings (SSSR count). The van der Waals surface area contributed by atoms with Crippen molar-refractivity contribution in [3.8, 4) is 0 Å². The number of fused-ring (bicyclic) bond motifs is 1. The Labute approximate surface area is 110 Å². The minimum atomic E-state index is 0. The van der Waals surface area contributed by atoms with E-state index in [1.807, 2.05) is 6.08 Å². The Balaban J connectivity index is 0.00000112. The molecule has 0 amide bonds. The summed E-state index contributed by atoms with van der Waals surface area (Å²) in [5.74, 6) is 0. The maximum Gasteiger partial charge on any atom is 0.0290 e.